The van der Waals surface area contributed by atoms with Crippen molar-refractivity contribution in [3.05, 3.63) is 29.8 Å². The Bertz CT molecular complexity index is 592. The molecule has 0 aliphatic heterocycles. The molecule has 0 heterocycles. The maximum Gasteiger partial charge on any atom is 0.321 e. The number of benzene rings is 1. The lowest BCUT2D eigenvalue weighted by Crippen LogP contribution is -2.36. The van der Waals surface area contributed by atoms with E-state index < -0.39 is 0 Å². The van der Waals surface area contributed by atoms with Crippen molar-refractivity contribution in [2.75, 3.05) is 18.9 Å². The van der Waals surface area contributed by atoms with E-state index >= 15 is 0 Å². The number of nitrogens with zero attached hydrogens (tertiary/aromatic N) is 1. The number of carbonyl (C=O) groups is 2. The first-order valence-electron chi connectivity index (χ1n) is 9.05. The van der Waals surface area contributed by atoms with Gasteiger partial charge < -0.3 is 15.5 Å². The van der Waals surface area contributed by atoms with E-state index in [1.54, 1.807) is 23.1 Å². The van der Waals surface area contributed by atoms with Crippen LogP contribution in [0.3, 0.4) is 0 Å². The van der Waals surface area contributed by atoms with Crippen LogP contribution in [0.25, 0.3) is 0 Å². The highest BCUT2D eigenvalue weighted by molar-refractivity contribution is 5.97. The van der Waals surface area contributed by atoms with Crippen LogP contribution in [0.5, 0.6) is 0 Å². The maximum absolute atomic E-state index is 12.4. The molecule has 24 heavy (non-hydrogen) atoms. The molecule has 3 amide bonds. The average molecular weight is 329 g/mol. The van der Waals surface area contributed by atoms with Crippen molar-refractivity contribution in [3.8, 4) is 0 Å². The van der Waals surface area contributed by atoms with Gasteiger partial charge in [-0.25, -0.2) is 4.79 Å². The molecule has 5 nitrogen and oxygen atoms in total. The molecule has 2 aliphatic rings. The molecule has 5 heteroatoms. The second-order valence-electron chi connectivity index (χ2n) is 7.14. The van der Waals surface area contributed by atoms with E-state index in [0.29, 0.717) is 23.2 Å². The molecule has 2 aliphatic carbocycles. The van der Waals surface area contributed by atoms with Gasteiger partial charge in [-0.1, -0.05) is 25.3 Å². The van der Waals surface area contributed by atoms with Gasteiger partial charge in [0, 0.05) is 30.9 Å². The largest absolute Gasteiger partial charge is 0.349 e. The molecule has 2 fully saturated rings. The third-order valence-electron chi connectivity index (χ3n) is 4.89. The van der Waals surface area contributed by atoms with E-state index in [2.05, 4.69) is 10.6 Å². The molecule has 0 radical (unpaired) electrons. The summed E-state index contributed by atoms with van der Waals surface area (Å²) in [6.45, 7) is 0.799. The highest BCUT2D eigenvalue weighted by Crippen LogP contribution is 2.24. The molecule has 3 rings (SSSR count). The summed E-state index contributed by atoms with van der Waals surface area (Å²) in [6, 6.07) is 7.36. The fourth-order valence-electron chi connectivity index (χ4n) is 3.29. The number of hydrogen-bond donors (Lipinski definition) is 2. The van der Waals surface area contributed by atoms with Gasteiger partial charge in [-0.2, -0.15) is 0 Å². The van der Waals surface area contributed by atoms with Gasteiger partial charge in [-0.05, 0) is 49.8 Å². The topological polar surface area (TPSA) is 61.4 Å². The maximum atomic E-state index is 12.4. The van der Waals surface area contributed by atoms with Gasteiger partial charge in [0.2, 0.25) is 0 Å². The quantitative estimate of drug-likeness (QED) is 0.866. The molecule has 130 valence electrons. The van der Waals surface area contributed by atoms with Gasteiger partial charge in [-0.3, -0.25) is 4.79 Å². The van der Waals surface area contributed by atoms with Crippen LogP contribution in [0.15, 0.2) is 24.3 Å². The van der Waals surface area contributed by atoms with Crippen LogP contribution in [0, 0.1) is 5.92 Å². The van der Waals surface area contributed by atoms with Crippen molar-refractivity contribution >= 4 is 17.6 Å². The summed E-state index contributed by atoms with van der Waals surface area (Å²) in [5.41, 5.74) is 1.26. The van der Waals surface area contributed by atoms with Crippen molar-refractivity contribution in [1.29, 1.82) is 0 Å². The number of amides is 3. The molecule has 1 aromatic rings. The van der Waals surface area contributed by atoms with Crippen LogP contribution in [0.2, 0.25) is 0 Å². The number of rotatable bonds is 5. The minimum atomic E-state index is -0.111. The minimum Gasteiger partial charge on any atom is -0.349 e. The average Bonchev–Trinajstić information content (AvgIpc) is 3.40. The molecule has 0 spiro atoms. The van der Waals surface area contributed by atoms with Gasteiger partial charge in [0.25, 0.3) is 5.91 Å². The highest BCUT2D eigenvalue weighted by Gasteiger charge is 2.24. The third kappa shape index (κ3) is 4.73. The summed E-state index contributed by atoms with van der Waals surface area (Å²) in [5, 5.41) is 5.87. The lowest BCUT2D eigenvalue weighted by Gasteiger charge is -2.27. The number of hydrogen-bond acceptors (Lipinski definition) is 2. The van der Waals surface area contributed by atoms with E-state index in [0.717, 1.165) is 19.4 Å². The minimum absolute atomic E-state index is 0.0656. The monoisotopic (exact) mass is 329 g/mol. The summed E-state index contributed by atoms with van der Waals surface area (Å²) in [5.74, 6) is 0.550. The molecule has 0 saturated heterocycles. The van der Waals surface area contributed by atoms with Crippen LogP contribution in [0.4, 0.5) is 10.5 Å². The summed E-state index contributed by atoms with van der Waals surface area (Å²) >= 11 is 0. The van der Waals surface area contributed by atoms with Gasteiger partial charge in [0.05, 0.1) is 0 Å². The molecular weight excluding hydrogens is 302 g/mol. The molecule has 0 bridgehead atoms. The van der Waals surface area contributed by atoms with Gasteiger partial charge >= 0.3 is 6.03 Å². The highest BCUT2D eigenvalue weighted by atomic mass is 16.2. The zero-order valence-corrected chi connectivity index (χ0v) is 14.4. The fraction of sp³-hybridized carbons (Fsp3) is 0.579. The Morgan fingerprint density at radius 1 is 1.12 bits per heavy atom. The standard InChI is InChI=1S/C19H27N3O2/c1-22(13-14-6-3-2-4-7-14)19(24)21-17-9-5-8-15(12-17)18(23)20-16-10-11-16/h5,8-9,12,14,16H,2-4,6-7,10-11,13H2,1H3,(H,20,23)(H,21,24). The van der Waals surface area contributed by atoms with E-state index in [-0.39, 0.29) is 11.9 Å². The van der Waals surface area contributed by atoms with Crippen LogP contribution in [-0.2, 0) is 0 Å². The summed E-state index contributed by atoms with van der Waals surface area (Å²) in [6.07, 6.45) is 8.43. The predicted molar refractivity (Wildman–Crippen MR) is 95.2 cm³/mol. The first kappa shape index (κ1) is 16.8. The third-order valence-corrected chi connectivity index (χ3v) is 4.89. The second-order valence-corrected chi connectivity index (χ2v) is 7.14. The molecule has 0 aromatic heterocycles. The van der Waals surface area contributed by atoms with Crippen LogP contribution >= 0.6 is 0 Å². The van der Waals surface area contributed by atoms with Crippen molar-refractivity contribution in [3.63, 3.8) is 0 Å². The van der Waals surface area contributed by atoms with E-state index in [4.69, 9.17) is 0 Å². The Kier molecular flexibility index (Phi) is 5.38. The van der Waals surface area contributed by atoms with Crippen molar-refractivity contribution < 1.29 is 9.59 Å². The molecular formula is C19H27N3O2. The SMILES string of the molecule is CN(CC1CCCCC1)C(=O)Nc1cccc(C(=O)NC2CC2)c1. The number of carbonyl (C=O) groups excluding carboxylic acids is 2. The summed E-state index contributed by atoms with van der Waals surface area (Å²) in [4.78, 5) is 26.2. The predicted octanol–water partition coefficient (Wildman–Crippen LogP) is 3.62. The normalized spacial score (nSPS) is 18.0. The number of nitrogens with one attached hydrogen (secondary N) is 2. The zero-order chi connectivity index (χ0) is 16.9. The van der Waals surface area contributed by atoms with Crippen molar-refractivity contribution in [1.82, 2.24) is 10.2 Å². The van der Waals surface area contributed by atoms with E-state index in [9.17, 15) is 9.59 Å². The van der Waals surface area contributed by atoms with Crippen LogP contribution < -0.4 is 10.6 Å². The molecule has 0 atom stereocenters. The molecule has 2 N–H and O–H groups in total. The van der Waals surface area contributed by atoms with Gasteiger partial charge in [0.1, 0.15) is 0 Å². The van der Waals surface area contributed by atoms with E-state index in [1.165, 1.54) is 32.1 Å². The Hall–Kier alpha value is -2.04. The second kappa shape index (κ2) is 7.69. The summed E-state index contributed by atoms with van der Waals surface area (Å²) in [7, 11) is 1.84. The van der Waals surface area contributed by atoms with Crippen LogP contribution in [0.1, 0.15) is 55.3 Å². The molecule has 1 aromatic carbocycles. The summed E-state index contributed by atoms with van der Waals surface area (Å²) < 4.78 is 0. The lowest BCUT2D eigenvalue weighted by molar-refractivity contribution is 0.0951. The zero-order valence-electron chi connectivity index (χ0n) is 14.4. The fourth-order valence-corrected chi connectivity index (χ4v) is 3.29. The number of anilines is 1. The van der Waals surface area contributed by atoms with Crippen molar-refractivity contribution in [2.24, 2.45) is 5.92 Å². The Morgan fingerprint density at radius 3 is 2.58 bits per heavy atom. The Balaban J connectivity index is 1.53. The molecule has 2 saturated carbocycles. The van der Waals surface area contributed by atoms with Gasteiger partial charge in [0.15, 0.2) is 0 Å². The number of urea groups is 1. The lowest BCUT2D eigenvalue weighted by atomic mass is 9.89. The van der Waals surface area contributed by atoms with Gasteiger partial charge in [-0.15, -0.1) is 0 Å². The van der Waals surface area contributed by atoms with Crippen LogP contribution in [-0.4, -0.2) is 36.5 Å². The first-order chi connectivity index (χ1) is 11.6. The first-order valence-corrected chi connectivity index (χ1v) is 9.05. The molecule has 0 unspecified atom stereocenters. The van der Waals surface area contributed by atoms with Crippen molar-refractivity contribution in [2.45, 2.75) is 51.0 Å². The smallest absolute Gasteiger partial charge is 0.321 e. The Morgan fingerprint density at radius 2 is 1.88 bits per heavy atom. The van der Waals surface area contributed by atoms with E-state index in [1.807, 2.05) is 13.1 Å². The Labute approximate surface area is 143 Å².